The molecular weight excluding hydrogens is 352 g/mol. The van der Waals surface area contributed by atoms with Gasteiger partial charge in [0.2, 0.25) is 0 Å². The van der Waals surface area contributed by atoms with E-state index in [1.165, 1.54) is 34.4 Å². The van der Waals surface area contributed by atoms with E-state index in [1.54, 1.807) is 10.5 Å². The highest BCUT2D eigenvalue weighted by atomic mass is 32.1. The molecule has 6 nitrogen and oxygen atoms in total. The van der Waals surface area contributed by atoms with Gasteiger partial charge in [-0.3, -0.25) is 9.20 Å². The van der Waals surface area contributed by atoms with Crippen molar-refractivity contribution in [3.63, 3.8) is 0 Å². The monoisotopic (exact) mass is 370 g/mol. The fourth-order valence-corrected chi connectivity index (χ4v) is 4.48. The number of fused-ring (bicyclic) bond motifs is 3. The first-order valence-electron chi connectivity index (χ1n) is 8.53. The van der Waals surface area contributed by atoms with Crippen LogP contribution in [0.1, 0.15) is 45.0 Å². The summed E-state index contributed by atoms with van der Waals surface area (Å²) in [6.45, 7) is 1.71. The zero-order chi connectivity index (χ0) is 18.3. The Morgan fingerprint density at radius 2 is 2.12 bits per heavy atom. The molecule has 0 unspecified atom stereocenters. The highest BCUT2D eigenvalue weighted by molar-refractivity contribution is 7.17. The molecular formula is C19H18N2O4S. The maximum absolute atomic E-state index is 12.5. The first kappa shape index (κ1) is 16.8. The summed E-state index contributed by atoms with van der Waals surface area (Å²) in [4.78, 5) is 31.0. The van der Waals surface area contributed by atoms with Crippen LogP contribution in [0.2, 0.25) is 0 Å². The molecule has 0 aliphatic heterocycles. The Morgan fingerprint density at radius 1 is 1.31 bits per heavy atom. The lowest BCUT2D eigenvalue weighted by molar-refractivity contribution is 0.0464. The van der Waals surface area contributed by atoms with Crippen molar-refractivity contribution in [2.24, 2.45) is 0 Å². The van der Waals surface area contributed by atoms with E-state index in [4.69, 9.17) is 4.74 Å². The average molecular weight is 370 g/mol. The Morgan fingerprint density at radius 3 is 2.92 bits per heavy atom. The van der Waals surface area contributed by atoms with E-state index in [1.807, 2.05) is 6.92 Å². The van der Waals surface area contributed by atoms with Crippen molar-refractivity contribution in [1.29, 1.82) is 0 Å². The zero-order valence-electron chi connectivity index (χ0n) is 14.3. The SMILES string of the molecule is Cc1ccc(C(=O)OCc2cc(=O)n3c4c(sc3n2)CCCC4)c(O)c1. The van der Waals surface area contributed by atoms with Crippen molar-refractivity contribution >= 4 is 22.3 Å². The molecule has 2 aromatic heterocycles. The molecule has 1 aliphatic rings. The fraction of sp³-hybridized carbons (Fsp3) is 0.316. The molecule has 4 rings (SSSR count). The fourth-order valence-electron chi connectivity index (χ4n) is 3.25. The molecule has 0 saturated heterocycles. The molecule has 1 aromatic carbocycles. The highest BCUT2D eigenvalue weighted by Crippen LogP contribution is 2.28. The van der Waals surface area contributed by atoms with Crippen LogP contribution in [-0.4, -0.2) is 20.5 Å². The summed E-state index contributed by atoms with van der Waals surface area (Å²) in [7, 11) is 0. The predicted octanol–water partition coefficient (Wildman–Crippen LogP) is 3.01. The van der Waals surface area contributed by atoms with E-state index >= 15 is 0 Å². The van der Waals surface area contributed by atoms with Crippen LogP contribution < -0.4 is 5.56 Å². The number of rotatable bonds is 3. The van der Waals surface area contributed by atoms with Crippen LogP contribution in [-0.2, 0) is 24.2 Å². The molecule has 1 aliphatic carbocycles. The minimum atomic E-state index is -0.644. The van der Waals surface area contributed by atoms with Gasteiger partial charge in [0, 0.05) is 16.6 Å². The van der Waals surface area contributed by atoms with Crippen molar-refractivity contribution in [2.45, 2.75) is 39.2 Å². The summed E-state index contributed by atoms with van der Waals surface area (Å²) < 4.78 is 6.91. The lowest BCUT2D eigenvalue weighted by Gasteiger charge is -2.10. The first-order chi connectivity index (χ1) is 12.5. The van der Waals surface area contributed by atoms with Crippen molar-refractivity contribution in [3.05, 3.63) is 62.0 Å². The molecule has 0 bridgehead atoms. The number of hydrogen-bond donors (Lipinski definition) is 1. The minimum absolute atomic E-state index is 0.0972. The Balaban J connectivity index is 1.58. The van der Waals surface area contributed by atoms with E-state index in [-0.39, 0.29) is 23.5 Å². The molecule has 0 atom stereocenters. The maximum Gasteiger partial charge on any atom is 0.342 e. The topological polar surface area (TPSA) is 80.9 Å². The number of carbonyl (C=O) groups is 1. The van der Waals surface area contributed by atoms with Gasteiger partial charge in [-0.1, -0.05) is 6.07 Å². The summed E-state index contributed by atoms with van der Waals surface area (Å²) in [6.07, 6.45) is 4.11. The van der Waals surface area contributed by atoms with Gasteiger partial charge in [-0.05, 0) is 50.3 Å². The van der Waals surface area contributed by atoms with Gasteiger partial charge >= 0.3 is 5.97 Å². The normalized spacial score (nSPS) is 13.6. The second-order valence-corrected chi connectivity index (χ2v) is 7.54. The van der Waals surface area contributed by atoms with Crippen molar-refractivity contribution < 1.29 is 14.6 Å². The zero-order valence-corrected chi connectivity index (χ0v) is 15.1. The van der Waals surface area contributed by atoms with Gasteiger partial charge in [0.1, 0.15) is 17.9 Å². The molecule has 7 heteroatoms. The van der Waals surface area contributed by atoms with E-state index in [2.05, 4.69) is 4.98 Å². The van der Waals surface area contributed by atoms with Crippen LogP contribution in [0.25, 0.3) is 4.96 Å². The largest absolute Gasteiger partial charge is 0.507 e. The predicted molar refractivity (Wildman–Crippen MR) is 97.9 cm³/mol. The number of nitrogens with zero attached hydrogens (tertiary/aromatic N) is 2. The van der Waals surface area contributed by atoms with Crippen molar-refractivity contribution in [1.82, 2.24) is 9.38 Å². The van der Waals surface area contributed by atoms with Crippen LogP contribution >= 0.6 is 11.3 Å². The van der Waals surface area contributed by atoms with Gasteiger partial charge < -0.3 is 9.84 Å². The molecule has 0 spiro atoms. The van der Waals surface area contributed by atoms with E-state index in [0.29, 0.717) is 10.7 Å². The number of thiazole rings is 1. The second kappa shape index (κ2) is 6.57. The van der Waals surface area contributed by atoms with Crippen molar-refractivity contribution in [2.75, 3.05) is 0 Å². The Kier molecular flexibility index (Phi) is 4.24. The molecule has 0 radical (unpaired) electrons. The molecule has 0 amide bonds. The molecule has 2 heterocycles. The third kappa shape index (κ3) is 2.99. The van der Waals surface area contributed by atoms with Crippen LogP contribution in [0.3, 0.4) is 0 Å². The molecule has 134 valence electrons. The number of aromatic hydroxyl groups is 1. The molecule has 0 saturated carbocycles. The summed E-state index contributed by atoms with van der Waals surface area (Å²) in [5, 5.41) is 9.87. The number of phenols is 1. The smallest absolute Gasteiger partial charge is 0.342 e. The molecule has 3 aromatic rings. The summed E-state index contributed by atoms with van der Waals surface area (Å²) in [5.74, 6) is -0.764. The third-order valence-corrected chi connectivity index (χ3v) is 5.68. The van der Waals surface area contributed by atoms with Crippen LogP contribution in [0.15, 0.2) is 29.1 Å². The summed E-state index contributed by atoms with van der Waals surface area (Å²) in [5.41, 5.74) is 2.29. The standard InChI is InChI=1S/C19H18N2O4S/c1-11-6-7-13(15(22)8-11)18(24)25-10-12-9-17(23)21-14-4-2-3-5-16(14)26-19(21)20-12/h6-9,22H,2-5,10H2,1H3. The molecule has 26 heavy (non-hydrogen) atoms. The van der Waals surface area contributed by atoms with Gasteiger partial charge in [-0.2, -0.15) is 0 Å². The number of aromatic nitrogens is 2. The number of phenolic OH excluding ortho intramolecular Hbond substituents is 1. The third-order valence-electron chi connectivity index (χ3n) is 4.54. The first-order valence-corrected chi connectivity index (χ1v) is 9.34. The molecule has 1 N–H and O–H groups in total. The summed E-state index contributed by atoms with van der Waals surface area (Å²) >= 11 is 1.53. The Bertz CT molecular complexity index is 1070. The number of aryl methyl sites for hydroxylation is 3. The number of benzene rings is 1. The van der Waals surface area contributed by atoms with Gasteiger partial charge in [0.05, 0.1) is 5.69 Å². The van der Waals surface area contributed by atoms with E-state index in [9.17, 15) is 14.7 Å². The van der Waals surface area contributed by atoms with Gasteiger partial charge in [-0.25, -0.2) is 9.78 Å². The Hall–Kier alpha value is -2.67. The van der Waals surface area contributed by atoms with Gasteiger partial charge in [0.25, 0.3) is 5.56 Å². The Labute approximate surface area is 153 Å². The van der Waals surface area contributed by atoms with Gasteiger partial charge in [-0.15, -0.1) is 11.3 Å². The number of hydrogen-bond acceptors (Lipinski definition) is 6. The van der Waals surface area contributed by atoms with Crippen LogP contribution in [0.4, 0.5) is 0 Å². The lowest BCUT2D eigenvalue weighted by Crippen LogP contribution is -2.18. The van der Waals surface area contributed by atoms with Gasteiger partial charge in [0.15, 0.2) is 4.96 Å². The quantitative estimate of drug-likeness (QED) is 0.717. The van der Waals surface area contributed by atoms with E-state index in [0.717, 1.165) is 36.9 Å². The van der Waals surface area contributed by atoms with Crippen LogP contribution in [0, 0.1) is 6.92 Å². The van der Waals surface area contributed by atoms with Crippen molar-refractivity contribution in [3.8, 4) is 5.75 Å². The minimum Gasteiger partial charge on any atom is -0.507 e. The number of carbonyl (C=O) groups excluding carboxylic acids is 1. The van der Waals surface area contributed by atoms with E-state index < -0.39 is 5.97 Å². The second-order valence-electron chi connectivity index (χ2n) is 6.48. The molecule has 0 fully saturated rings. The summed E-state index contributed by atoms with van der Waals surface area (Å²) in [6, 6.07) is 6.16. The van der Waals surface area contributed by atoms with Crippen LogP contribution in [0.5, 0.6) is 5.75 Å². The number of ether oxygens (including phenoxy) is 1. The maximum atomic E-state index is 12.5. The highest BCUT2D eigenvalue weighted by Gasteiger charge is 2.19. The number of esters is 1. The average Bonchev–Trinajstić information content (AvgIpc) is 2.98. The lowest BCUT2D eigenvalue weighted by atomic mass is 10.0.